The highest BCUT2D eigenvalue weighted by molar-refractivity contribution is 7.09. The van der Waals surface area contributed by atoms with Crippen molar-refractivity contribution in [2.45, 2.75) is 32.4 Å². The lowest BCUT2D eigenvalue weighted by Crippen LogP contribution is -2.38. The fraction of sp³-hybridized carbons (Fsp3) is 0.375. The van der Waals surface area contributed by atoms with E-state index in [4.69, 9.17) is 0 Å². The highest BCUT2D eigenvalue weighted by atomic mass is 32.1. The van der Waals surface area contributed by atoms with Gasteiger partial charge in [-0.25, -0.2) is 4.98 Å². The lowest BCUT2D eigenvalue weighted by molar-refractivity contribution is 0.0963. The van der Waals surface area contributed by atoms with Crippen molar-refractivity contribution in [3.63, 3.8) is 0 Å². The predicted molar refractivity (Wildman–Crippen MR) is 86.4 cm³/mol. The molecule has 1 heterocycles. The number of hydrogen-bond donors (Lipinski definition) is 2. The van der Waals surface area contributed by atoms with Gasteiger partial charge in [0.2, 0.25) is 0 Å². The largest absolute Gasteiger partial charge is 0.355 e. The van der Waals surface area contributed by atoms with Crippen LogP contribution in [0.1, 0.15) is 41.2 Å². The lowest BCUT2D eigenvalue weighted by atomic mass is 9.99. The number of hydrogen-bond acceptors (Lipinski definition) is 4. The summed E-state index contributed by atoms with van der Waals surface area (Å²) >= 11 is 1.66. The summed E-state index contributed by atoms with van der Waals surface area (Å²) in [6, 6.07) is 7.68. The number of carbonyl (C=O) groups excluding carboxylic acids is 1. The quantitative estimate of drug-likeness (QED) is 0.862. The minimum atomic E-state index is -0.142. The monoisotopic (exact) mass is 303 g/mol. The van der Waals surface area contributed by atoms with Crippen LogP contribution >= 0.6 is 11.3 Å². The van der Waals surface area contributed by atoms with Crippen molar-refractivity contribution in [3.8, 4) is 0 Å². The van der Waals surface area contributed by atoms with Crippen LogP contribution in [0.5, 0.6) is 0 Å². The molecule has 0 fully saturated rings. The van der Waals surface area contributed by atoms with Gasteiger partial charge in [-0.2, -0.15) is 0 Å². The second-order valence-corrected chi connectivity index (χ2v) is 6.05. The molecule has 2 rings (SSSR count). The zero-order valence-electron chi connectivity index (χ0n) is 12.6. The first-order chi connectivity index (χ1) is 10.1. The highest BCUT2D eigenvalue weighted by Gasteiger charge is 2.26. The summed E-state index contributed by atoms with van der Waals surface area (Å²) in [6.45, 7) is 5.01. The number of amides is 1. The Morgan fingerprint density at radius 2 is 2.24 bits per heavy atom. The Morgan fingerprint density at radius 1 is 1.43 bits per heavy atom. The van der Waals surface area contributed by atoms with E-state index in [1.165, 1.54) is 0 Å². The Labute approximate surface area is 129 Å². The molecule has 112 valence electrons. The van der Waals surface area contributed by atoms with Gasteiger partial charge in [-0.3, -0.25) is 4.79 Å². The van der Waals surface area contributed by atoms with Crippen molar-refractivity contribution >= 4 is 17.2 Å². The minimum Gasteiger partial charge on any atom is -0.355 e. The van der Waals surface area contributed by atoms with Crippen molar-refractivity contribution in [1.29, 1.82) is 0 Å². The van der Waals surface area contributed by atoms with Crippen LogP contribution in [0.4, 0.5) is 0 Å². The van der Waals surface area contributed by atoms with Crippen molar-refractivity contribution in [2.75, 3.05) is 7.05 Å². The van der Waals surface area contributed by atoms with Gasteiger partial charge in [-0.05, 0) is 31.0 Å². The molecule has 1 amide bonds. The van der Waals surface area contributed by atoms with Crippen LogP contribution in [0.25, 0.3) is 0 Å². The maximum atomic E-state index is 11.7. The van der Waals surface area contributed by atoms with Crippen LogP contribution < -0.4 is 10.6 Å². The van der Waals surface area contributed by atoms with Gasteiger partial charge in [0, 0.05) is 30.7 Å². The van der Waals surface area contributed by atoms with Crippen LogP contribution in [0.15, 0.2) is 35.8 Å². The Morgan fingerprint density at radius 3 is 2.86 bits per heavy atom. The van der Waals surface area contributed by atoms with Crippen LogP contribution in [0.2, 0.25) is 0 Å². The molecule has 0 aliphatic carbocycles. The van der Waals surface area contributed by atoms with Crippen molar-refractivity contribution in [1.82, 2.24) is 15.6 Å². The lowest BCUT2D eigenvalue weighted by Gasteiger charge is -2.27. The van der Waals surface area contributed by atoms with Crippen LogP contribution in [-0.2, 0) is 12.1 Å². The summed E-state index contributed by atoms with van der Waals surface area (Å²) in [6.07, 6.45) is 2.79. The van der Waals surface area contributed by atoms with Crippen molar-refractivity contribution < 1.29 is 4.79 Å². The number of nitrogens with zero attached hydrogens (tertiary/aromatic N) is 1. The molecule has 5 heteroatoms. The minimum absolute atomic E-state index is 0.0602. The molecule has 1 atom stereocenters. The van der Waals surface area contributed by atoms with Gasteiger partial charge in [0.05, 0.1) is 5.54 Å². The highest BCUT2D eigenvalue weighted by Crippen LogP contribution is 2.26. The number of nitrogens with one attached hydrogen (secondary N) is 2. The molecular formula is C16H21N3OS. The third-order valence-electron chi connectivity index (χ3n) is 3.71. The molecule has 2 N–H and O–H groups in total. The smallest absolute Gasteiger partial charge is 0.251 e. The molecule has 21 heavy (non-hydrogen) atoms. The first-order valence-electron chi connectivity index (χ1n) is 7.05. The van der Waals surface area contributed by atoms with E-state index < -0.39 is 0 Å². The topological polar surface area (TPSA) is 54.0 Å². The summed E-state index contributed by atoms with van der Waals surface area (Å²) in [7, 11) is 1.64. The average molecular weight is 303 g/mol. The van der Waals surface area contributed by atoms with E-state index in [0.717, 1.165) is 17.0 Å². The summed E-state index contributed by atoms with van der Waals surface area (Å²) in [4.78, 5) is 16.1. The number of benzene rings is 1. The van der Waals surface area contributed by atoms with Gasteiger partial charge in [0.25, 0.3) is 5.91 Å². The number of rotatable bonds is 6. The van der Waals surface area contributed by atoms with Gasteiger partial charge in [0.15, 0.2) is 0 Å². The standard InChI is InChI=1S/C16H21N3OS/c1-4-16(2,15-18-8-9-21-15)19-11-12-6-5-7-13(10-12)14(20)17-3/h5-10,19H,4,11H2,1-3H3,(H,17,20)/t16-/m0/s1. The van der Waals surface area contributed by atoms with E-state index in [2.05, 4.69) is 29.5 Å². The first-order valence-corrected chi connectivity index (χ1v) is 7.93. The van der Waals surface area contributed by atoms with E-state index in [1.807, 2.05) is 35.8 Å². The van der Waals surface area contributed by atoms with Gasteiger partial charge >= 0.3 is 0 Å². The van der Waals surface area contributed by atoms with Gasteiger partial charge in [0.1, 0.15) is 5.01 Å². The Kier molecular flexibility index (Phi) is 5.09. The van der Waals surface area contributed by atoms with E-state index in [-0.39, 0.29) is 11.4 Å². The molecule has 2 aromatic rings. The van der Waals surface area contributed by atoms with E-state index >= 15 is 0 Å². The van der Waals surface area contributed by atoms with Gasteiger partial charge in [-0.1, -0.05) is 19.1 Å². The second kappa shape index (κ2) is 6.83. The molecule has 4 nitrogen and oxygen atoms in total. The molecule has 0 radical (unpaired) electrons. The van der Waals surface area contributed by atoms with Crippen molar-refractivity contribution in [2.24, 2.45) is 0 Å². The van der Waals surface area contributed by atoms with E-state index in [1.54, 1.807) is 18.4 Å². The average Bonchev–Trinajstić information content (AvgIpc) is 3.07. The zero-order chi connectivity index (χ0) is 15.3. The van der Waals surface area contributed by atoms with Crippen molar-refractivity contribution in [3.05, 3.63) is 52.0 Å². The molecule has 0 aliphatic rings. The predicted octanol–water partition coefficient (Wildman–Crippen LogP) is 2.92. The van der Waals surface area contributed by atoms with E-state index in [9.17, 15) is 4.79 Å². The Hall–Kier alpha value is -1.72. The SMILES string of the molecule is CC[C@](C)(NCc1cccc(C(=O)NC)c1)c1nccs1. The maximum Gasteiger partial charge on any atom is 0.251 e. The summed E-state index contributed by atoms with van der Waals surface area (Å²) in [5.74, 6) is -0.0602. The third-order valence-corrected chi connectivity index (χ3v) is 4.75. The summed E-state index contributed by atoms with van der Waals surface area (Å²) in [5.41, 5.74) is 1.63. The Bertz CT molecular complexity index is 597. The Balaban J connectivity index is 2.10. The van der Waals surface area contributed by atoms with Crippen LogP contribution in [0, 0.1) is 0 Å². The molecule has 0 bridgehead atoms. The van der Waals surface area contributed by atoms with Crippen LogP contribution in [0.3, 0.4) is 0 Å². The first kappa shape index (κ1) is 15.7. The fourth-order valence-electron chi connectivity index (χ4n) is 2.11. The molecule has 1 aromatic heterocycles. The zero-order valence-corrected chi connectivity index (χ0v) is 13.5. The molecule has 0 unspecified atom stereocenters. The summed E-state index contributed by atoms with van der Waals surface area (Å²) in [5, 5.41) is 9.30. The van der Waals surface area contributed by atoms with E-state index in [0.29, 0.717) is 12.1 Å². The van der Waals surface area contributed by atoms with Gasteiger partial charge < -0.3 is 10.6 Å². The maximum absolute atomic E-state index is 11.7. The summed E-state index contributed by atoms with van der Waals surface area (Å²) < 4.78 is 0. The molecule has 0 saturated carbocycles. The molecule has 0 aliphatic heterocycles. The second-order valence-electron chi connectivity index (χ2n) is 5.16. The number of aromatic nitrogens is 1. The molecule has 0 spiro atoms. The number of carbonyl (C=O) groups is 1. The van der Waals surface area contributed by atoms with Gasteiger partial charge in [-0.15, -0.1) is 11.3 Å². The third kappa shape index (κ3) is 3.68. The molecule has 1 aromatic carbocycles. The normalized spacial score (nSPS) is 13.7. The molecule has 0 saturated heterocycles. The van der Waals surface area contributed by atoms with Crippen LogP contribution in [-0.4, -0.2) is 17.9 Å². The molecular weight excluding hydrogens is 282 g/mol. The fourth-order valence-corrected chi connectivity index (χ4v) is 2.96. The number of thiazole rings is 1.